The predicted molar refractivity (Wildman–Crippen MR) is 65.5 cm³/mol. The first-order chi connectivity index (χ1) is 7.69. The molecule has 0 bridgehead atoms. The molecule has 16 heavy (non-hydrogen) atoms. The van der Waals surface area contributed by atoms with Gasteiger partial charge in [-0.15, -0.1) is 0 Å². The molecule has 0 saturated carbocycles. The molecule has 0 radical (unpaired) electrons. The molecule has 1 heterocycles. The maximum Gasteiger partial charge on any atom is 0.255 e. The number of hydrogen-bond donors (Lipinski definition) is 0. The largest absolute Gasteiger partial charge is 0.339 e. The zero-order valence-electron chi connectivity index (χ0n) is 10.4. The summed E-state index contributed by atoms with van der Waals surface area (Å²) in [6, 6.07) is 3.73. The molecule has 1 amide bonds. The lowest BCUT2D eigenvalue weighted by Crippen LogP contribution is -2.32. The monoisotopic (exact) mass is 220 g/mol. The highest BCUT2D eigenvalue weighted by atomic mass is 16.2. The van der Waals surface area contributed by atoms with Crippen LogP contribution in [-0.2, 0) is 0 Å². The van der Waals surface area contributed by atoms with E-state index in [4.69, 9.17) is 0 Å². The van der Waals surface area contributed by atoms with Gasteiger partial charge < -0.3 is 4.90 Å². The Morgan fingerprint density at radius 1 is 1.25 bits per heavy atom. The third kappa shape index (κ3) is 3.33. The summed E-state index contributed by atoms with van der Waals surface area (Å²) in [5.74, 6) is 0.0937. The van der Waals surface area contributed by atoms with Gasteiger partial charge in [-0.3, -0.25) is 9.78 Å². The van der Waals surface area contributed by atoms with E-state index in [0.29, 0.717) is 5.56 Å². The maximum absolute atomic E-state index is 12.1. The molecule has 3 heteroatoms. The van der Waals surface area contributed by atoms with E-state index in [0.717, 1.165) is 31.6 Å². The van der Waals surface area contributed by atoms with Gasteiger partial charge in [-0.05, 0) is 31.9 Å². The van der Waals surface area contributed by atoms with Crippen molar-refractivity contribution in [2.75, 3.05) is 13.1 Å². The van der Waals surface area contributed by atoms with Crippen molar-refractivity contribution in [2.45, 2.75) is 33.6 Å². The molecule has 0 fully saturated rings. The number of carbonyl (C=O) groups excluding carboxylic acids is 1. The summed E-state index contributed by atoms with van der Waals surface area (Å²) in [5.41, 5.74) is 1.63. The van der Waals surface area contributed by atoms with Crippen molar-refractivity contribution >= 4 is 5.91 Å². The van der Waals surface area contributed by atoms with Crippen molar-refractivity contribution in [2.24, 2.45) is 0 Å². The number of amides is 1. The molecular formula is C13H20N2O. The number of aryl methyl sites for hydroxylation is 1. The first-order valence-electron chi connectivity index (χ1n) is 5.91. The lowest BCUT2D eigenvalue weighted by molar-refractivity contribution is 0.0755. The fraction of sp³-hybridized carbons (Fsp3) is 0.538. The summed E-state index contributed by atoms with van der Waals surface area (Å²) in [6.45, 7) is 7.73. The molecular weight excluding hydrogens is 200 g/mol. The van der Waals surface area contributed by atoms with Gasteiger partial charge in [0.1, 0.15) is 0 Å². The number of nitrogens with zero attached hydrogens (tertiary/aromatic N) is 2. The second-order valence-electron chi connectivity index (χ2n) is 3.98. The van der Waals surface area contributed by atoms with Crippen LogP contribution in [0.1, 0.15) is 42.7 Å². The van der Waals surface area contributed by atoms with Crippen LogP contribution in [0.5, 0.6) is 0 Å². The first-order valence-corrected chi connectivity index (χ1v) is 5.91. The molecule has 0 N–H and O–H groups in total. The van der Waals surface area contributed by atoms with Crippen molar-refractivity contribution in [1.29, 1.82) is 0 Å². The molecule has 0 unspecified atom stereocenters. The normalized spacial score (nSPS) is 10.2. The van der Waals surface area contributed by atoms with Crippen LogP contribution in [0.3, 0.4) is 0 Å². The average Bonchev–Trinajstić information content (AvgIpc) is 2.29. The summed E-state index contributed by atoms with van der Waals surface area (Å²) in [4.78, 5) is 18.2. The molecule has 1 rings (SSSR count). The van der Waals surface area contributed by atoms with Crippen LogP contribution < -0.4 is 0 Å². The second-order valence-corrected chi connectivity index (χ2v) is 3.98. The van der Waals surface area contributed by atoms with Crippen molar-refractivity contribution in [3.8, 4) is 0 Å². The summed E-state index contributed by atoms with van der Waals surface area (Å²) in [5, 5.41) is 0. The van der Waals surface area contributed by atoms with Gasteiger partial charge in [-0.25, -0.2) is 0 Å². The zero-order valence-corrected chi connectivity index (χ0v) is 10.4. The molecule has 0 atom stereocenters. The summed E-state index contributed by atoms with van der Waals surface area (Å²) in [7, 11) is 0. The van der Waals surface area contributed by atoms with E-state index in [-0.39, 0.29) is 5.91 Å². The fourth-order valence-electron chi connectivity index (χ4n) is 1.63. The molecule has 88 valence electrons. The molecule has 0 aromatic carbocycles. The van der Waals surface area contributed by atoms with Gasteiger partial charge in [0.25, 0.3) is 5.91 Å². The topological polar surface area (TPSA) is 33.2 Å². The van der Waals surface area contributed by atoms with Crippen molar-refractivity contribution in [1.82, 2.24) is 9.88 Å². The lowest BCUT2D eigenvalue weighted by atomic mass is 10.2. The summed E-state index contributed by atoms with van der Waals surface area (Å²) < 4.78 is 0. The number of aromatic nitrogens is 1. The van der Waals surface area contributed by atoms with E-state index < -0.39 is 0 Å². The molecule has 0 aliphatic carbocycles. The highest BCUT2D eigenvalue weighted by Gasteiger charge is 2.13. The fourth-order valence-corrected chi connectivity index (χ4v) is 1.63. The molecule has 0 aliphatic rings. The van der Waals surface area contributed by atoms with Gasteiger partial charge >= 0.3 is 0 Å². The Morgan fingerprint density at radius 3 is 2.31 bits per heavy atom. The van der Waals surface area contributed by atoms with Crippen LogP contribution >= 0.6 is 0 Å². The quantitative estimate of drug-likeness (QED) is 0.764. The highest BCUT2D eigenvalue weighted by Crippen LogP contribution is 2.06. The van der Waals surface area contributed by atoms with E-state index >= 15 is 0 Å². The molecule has 1 aromatic heterocycles. The molecule has 0 saturated heterocycles. The third-order valence-corrected chi connectivity index (χ3v) is 2.43. The molecule has 0 aliphatic heterocycles. The molecule has 1 aromatic rings. The van der Waals surface area contributed by atoms with Gasteiger partial charge in [0.15, 0.2) is 0 Å². The maximum atomic E-state index is 12.1. The molecule has 3 nitrogen and oxygen atoms in total. The predicted octanol–water partition coefficient (Wildman–Crippen LogP) is 2.65. The van der Waals surface area contributed by atoms with E-state index in [1.165, 1.54) is 0 Å². The SMILES string of the molecule is CCCN(CCC)C(=O)c1ccc(C)nc1. The van der Waals surface area contributed by atoms with Gasteiger partial charge in [0, 0.05) is 25.0 Å². The van der Waals surface area contributed by atoms with E-state index in [2.05, 4.69) is 18.8 Å². The minimum absolute atomic E-state index is 0.0937. The number of hydrogen-bond acceptors (Lipinski definition) is 2. The number of rotatable bonds is 5. The highest BCUT2D eigenvalue weighted by molar-refractivity contribution is 5.93. The number of carbonyl (C=O) groups is 1. The third-order valence-electron chi connectivity index (χ3n) is 2.43. The minimum atomic E-state index is 0.0937. The van der Waals surface area contributed by atoms with Crippen molar-refractivity contribution in [3.05, 3.63) is 29.6 Å². The van der Waals surface area contributed by atoms with Gasteiger partial charge in [-0.2, -0.15) is 0 Å². The first kappa shape index (κ1) is 12.7. The minimum Gasteiger partial charge on any atom is -0.339 e. The van der Waals surface area contributed by atoms with Crippen LogP contribution in [0, 0.1) is 6.92 Å². The second kappa shape index (κ2) is 6.26. The van der Waals surface area contributed by atoms with Gasteiger partial charge in [0.2, 0.25) is 0 Å². The Kier molecular flexibility index (Phi) is 4.96. The Hall–Kier alpha value is -1.38. The van der Waals surface area contributed by atoms with Crippen molar-refractivity contribution < 1.29 is 4.79 Å². The van der Waals surface area contributed by atoms with Crippen LogP contribution in [0.15, 0.2) is 18.3 Å². The number of pyridine rings is 1. The Bertz CT molecular complexity index is 326. The van der Waals surface area contributed by atoms with Crippen LogP contribution in [0.25, 0.3) is 0 Å². The Morgan fingerprint density at radius 2 is 1.88 bits per heavy atom. The van der Waals surface area contributed by atoms with Gasteiger partial charge in [-0.1, -0.05) is 13.8 Å². The van der Waals surface area contributed by atoms with Crippen LogP contribution in [-0.4, -0.2) is 28.9 Å². The average molecular weight is 220 g/mol. The molecule has 0 spiro atoms. The van der Waals surface area contributed by atoms with E-state index in [1.54, 1.807) is 6.20 Å². The van der Waals surface area contributed by atoms with Crippen LogP contribution in [0.2, 0.25) is 0 Å². The Labute approximate surface area is 97.5 Å². The van der Waals surface area contributed by atoms with Crippen LogP contribution in [0.4, 0.5) is 0 Å². The lowest BCUT2D eigenvalue weighted by Gasteiger charge is -2.21. The summed E-state index contributed by atoms with van der Waals surface area (Å²) >= 11 is 0. The smallest absolute Gasteiger partial charge is 0.255 e. The van der Waals surface area contributed by atoms with E-state index in [9.17, 15) is 4.79 Å². The van der Waals surface area contributed by atoms with E-state index in [1.807, 2.05) is 24.0 Å². The Balaban J connectivity index is 2.77. The zero-order chi connectivity index (χ0) is 12.0. The standard InChI is InChI=1S/C13H20N2O/c1-4-8-15(9-5-2)13(16)12-7-6-11(3)14-10-12/h6-7,10H,4-5,8-9H2,1-3H3. The summed E-state index contributed by atoms with van der Waals surface area (Å²) in [6.07, 6.45) is 3.64. The van der Waals surface area contributed by atoms with Crippen molar-refractivity contribution in [3.63, 3.8) is 0 Å². The van der Waals surface area contributed by atoms with Gasteiger partial charge in [0.05, 0.1) is 5.56 Å².